The van der Waals surface area contributed by atoms with Crippen molar-refractivity contribution in [3.63, 3.8) is 0 Å². The first-order valence-corrected chi connectivity index (χ1v) is 6.26. The minimum atomic E-state index is -1.55. The van der Waals surface area contributed by atoms with Crippen molar-refractivity contribution in [3.8, 4) is 0 Å². The van der Waals surface area contributed by atoms with Crippen molar-refractivity contribution >= 4 is 11.4 Å². The molecule has 5 atom stereocenters. The molecule has 1 aromatic carbocycles. The lowest BCUT2D eigenvalue weighted by molar-refractivity contribution is -0.384. The Balaban J connectivity index is 2.20. The lowest BCUT2D eigenvalue weighted by Gasteiger charge is -2.40. The summed E-state index contributed by atoms with van der Waals surface area (Å²) in [6.07, 6.45) is -6.82. The van der Waals surface area contributed by atoms with Gasteiger partial charge in [-0.05, 0) is 6.07 Å². The van der Waals surface area contributed by atoms with Gasteiger partial charge in [-0.1, -0.05) is 12.1 Å². The van der Waals surface area contributed by atoms with E-state index in [-0.39, 0.29) is 11.4 Å². The first-order chi connectivity index (χ1) is 9.95. The van der Waals surface area contributed by atoms with Crippen LogP contribution >= 0.6 is 0 Å². The van der Waals surface area contributed by atoms with Gasteiger partial charge < -0.3 is 30.5 Å². The van der Waals surface area contributed by atoms with Gasteiger partial charge in [0.05, 0.1) is 11.5 Å². The van der Waals surface area contributed by atoms with E-state index in [1.54, 1.807) is 6.07 Å². The molecule has 5 N–H and O–H groups in total. The van der Waals surface area contributed by atoms with Crippen molar-refractivity contribution in [3.05, 3.63) is 34.4 Å². The molecule has 0 saturated carbocycles. The summed E-state index contributed by atoms with van der Waals surface area (Å²) in [5.74, 6) is 0. The van der Waals surface area contributed by atoms with Gasteiger partial charge in [0.2, 0.25) is 0 Å². The zero-order chi connectivity index (χ0) is 15.6. The van der Waals surface area contributed by atoms with Gasteiger partial charge in [-0.3, -0.25) is 10.1 Å². The molecule has 0 radical (unpaired) electrons. The molecule has 1 aliphatic rings. The number of nitro groups is 1. The van der Waals surface area contributed by atoms with E-state index in [1.165, 1.54) is 18.2 Å². The number of benzene rings is 1. The van der Waals surface area contributed by atoms with E-state index in [1.807, 2.05) is 0 Å². The number of aliphatic hydroxyl groups excluding tert-OH is 4. The summed E-state index contributed by atoms with van der Waals surface area (Å²) in [5, 5.41) is 51.8. The highest BCUT2D eigenvalue weighted by atomic mass is 16.6. The Morgan fingerprint density at radius 2 is 1.86 bits per heavy atom. The highest BCUT2D eigenvalue weighted by molar-refractivity contribution is 5.61. The van der Waals surface area contributed by atoms with Crippen molar-refractivity contribution in [2.75, 3.05) is 11.9 Å². The summed E-state index contributed by atoms with van der Waals surface area (Å²) in [6.45, 7) is -0.569. The van der Waals surface area contributed by atoms with Crippen LogP contribution in [0.5, 0.6) is 0 Å². The first kappa shape index (κ1) is 15.6. The fourth-order valence-corrected chi connectivity index (χ4v) is 2.13. The normalized spacial score (nSPS) is 32.7. The van der Waals surface area contributed by atoms with Gasteiger partial charge in [-0.25, -0.2) is 0 Å². The number of nitro benzene ring substituents is 1. The minimum absolute atomic E-state index is 0.0897. The number of anilines is 1. The summed E-state index contributed by atoms with van der Waals surface area (Å²) < 4.78 is 5.23. The van der Waals surface area contributed by atoms with Crippen LogP contribution in [-0.4, -0.2) is 62.6 Å². The van der Waals surface area contributed by atoms with Crippen LogP contribution in [0.15, 0.2) is 24.3 Å². The molecule has 2 unspecified atom stereocenters. The second-order valence-corrected chi connectivity index (χ2v) is 4.67. The van der Waals surface area contributed by atoms with E-state index in [2.05, 4.69) is 5.32 Å². The monoisotopic (exact) mass is 300 g/mol. The quantitative estimate of drug-likeness (QED) is 0.344. The van der Waals surface area contributed by atoms with Crippen molar-refractivity contribution in [1.82, 2.24) is 0 Å². The molecule has 0 spiro atoms. The molecule has 1 aliphatic heterocycles. The smallest absolute Gasteiger partial charge is 0.292 e. The number of hydrogen-bond donors (Lipinski definition) is 5. The van der Waals surface area contributed by atoms with E-state index in [0.29, 0.717) is 0 Å². The van der Waals surface area contributed by atoms with E-state index in [0.717, 1.165) is 0 Å². The molecule has 1 fully saturated rings. The topological polar surface area (TPSA) is 145 Å². The molecule has 1 aromatic rings. The third-order valence-corrected chi connectivity index (χ3v) is 3.29. The van der Waals surface area contributed by atoms with Gasteiger partial charge in [0.1, 0.15) is 30.1 Å². The number of nitrogens with one attached hydrogen (secondary N) is 1. The molecule has 1 saturated heterocycles. The minimum Gasteiger partial charge on any atom is -0.394 e. The maximum Gasteiger partial charge on any atom is 0.292 e. The first-order valence-electron chi connectivity index (χ1n) is 6.26. The van der Waals surface area contributed by atoms with Gasteiger partial charge in [0.25, 0.3) is 5.69 Å². The van der Waals surface area contributed by atoms with Crippen LogP contribution in [0.2, 0.25) is 0 Å². The summed E-state index contributed by atoms with van der Waals surface area (Å²) in [4.78, 5) is 10.3. The number of aliphatic hydroxyl groups is 4. The Labute approximate surface area is 119 Å². The van der Waals surface area contributed by atoms with Crippen LogP contribution < -0.4 is 5.32 Å². The van der Waals surface area contributed by atoms with Gasteiger partial charge in [-0.15, -0.1) is 0 Å². The number of ether oxygens (including phenoxy) is 1. The molecule has 9 heteroatoms. The van der Waals surface area contributed by atoms with E-state index >= 15 is 0 Å². The lowest BCUT2D eigenvalue weighted by Crippen LogP contribution is -2.60. The molecule has 1 heterocycles. The summed E-state index contributed by atoms with van der Waals surface area (Å²) in [5.41, 5.74) is -0.138. The molecule has 21 heavy (non-hydrogen) atoms. The Morgan fingerprint density at radius 1 is 1.19 bits per heavy atom. The van der Waals surface area contributed by atoms with Gasteiger partial charge in [-0.2, -0.15) is 0 Å². The molecule has 2 rings (SSSR count). The number of nitrogens with zero attached hydrogens (tertiary/aromatic N) is 1. The fraction of sp³-hybridized carbons (Fsp3) is 0.500. The zero-order valence-corrected chi connectivity index (χ0v) is 10.9. The molecule has 0 bridgehead atoms. The largest absolute Gasteiger partial charge is 0.394 e. The Bertz CT molecular complexity index is 510. The van der Waals surface area contributed by atoms with Crippen LogP contribution in [0.1, 0.15) is 0 Å². The standard InChI is InChI=1S/C12H16N2O7/c15-5-8-9(16)10(17)11(18)12(21-8)13-6-3-1-2-4-7(6)14(19)20/h1-4,8-13,15-18H,5H2/t8?,9-,10+,11?,12-/m1/s1. The zero-order valence-electron chi connectivity index (χ0n) is 10.9. The molecule has 9 nitrogen and oxygen atoms in total. The summed E-state index contributed by atoms with van der Waals surface area (Å²) in [6, 6.07) is 5.72. The maximum atomic E-state index is 10.9. The van der Waals surface area contributed by atoms with E-state index in [9.17, 15) is 25.4 Å². The lowest BCUT2D eigenvalue weighted by atomic mass is 9.98. The van der Waals surface area contributed by atoms with Crippen LogP contribution in [0, 0.1) is 10.1 Å². The van der Waals surface area contributed by atoms with Crippen molar-refractivity contribution in [1.29, 1.82) is 0 Å². The van der Waals surface area contributed by atoms with Gasteiger partial charge in [0.15, 0.2) is 6.23 Å². The van der Waals surface area contributed by atoms with Crippen LogP contribution in [0.3, 0.4) is 0 Å². The fourth-order valence-electron chi connectivity index (χ4n) is 2.13. The predicted molar refractivity (Wildman–Crippen MR) is 70.5 cm³/mol. The van der Waals surface area contributed by atoms with E-state index in [4.69, 9.17) is 9.84 Å². The summed E-state index contributed by atoms with van der Waals surface area (Å²) >= 11 is 0. The Kier molecular flexibility index (Phi) is 4.70. The number of rotatable bonds is 4. The van der Waals surface area contributed by atoms with Crippen molar-refractivity contribution in [2.45, 2.75) is 30.6 Å². The average molecular weight is 300 g/mol. The molecule has 0 aromatic heterocycles. The molecule has 0 aliphatic carbocycles. The van der Waals surface area contributed by atoms with Gasteiger partial charge >= 0.3 is 0 Å². The second kappa shape index (κ2) is 6.33. The Hall–Kier alpha value is -1.78. The van der Waals surface area contributed by atoms with E-state index < -0.39 is 42.2 Å². The molecule has 0 amide bonds. The van der Waals surface area contributed by atoms with Gasteiger partial charge in [0, 0.05) is 6.07 Å². The molecular weight excluding hydrogens is 284 g/mol. The molecule has 116 valence electrons. The van der Waals surface area contributed by atoms with Crippen LogP contribution in [-0.2, 0) is 4.74 Å². The predicted octanol–water partition coefficient (Wildman–Crippen LogP) is -1.19. The van der Waals surface area contributed by atoms with Crippen molar-refractivity contribution < 1.29 is 30.1 Å². The third-order valence-electron chi connectivity index (χ3n) is 3.29. The maximum absolute atomic E-state index is 10.9. The third kappa shape index (κ3) is 3.12. The van der Waals surface area contributed by atoms with Crippen molar-refractivity contribution in [2.24, 2.45) is 0 Å². The number of para-hydroxylation sites is 2. The SMILES string of the molecule is O=[N+]([O-])c1ccccc1N[C@@H]1OC(CO)[C@@H](O)[C@H](O)C1O. The molecular formula is C12H16N2O7. The highest BCUT2D eigenvalue weighted by Crippen LogP contribution is 2.28. The average Bonchev–Trinajstić information content (AvgIpc) is 2.48. The van der Waals surface area contributed by atoms with Crippen LogP contribution in [0.25, 0.3) is 0 Å². The summed E-state index contributed by atoms with van der Waals surface area (Å²) in [7, 11) is 0. The number of hydrogen-bond acceptors (Lipinski definition) is 8. The second-order valence-electron chi connectivity index (χ2n) is 4.67. The van der Waals surface area contributed by atoms with Crippen LogP contribution in [0.4, 0.5) is 11.4 Å². The highest BCUT2D eigenvalue weighted by Gasteiger charge is 2.43. The Morgan fingerprint density at radius 3 is 2.48 bits per heavy atom.